The fraction of sp³-hybridized carbons (Fsp3) is 0.333. The topological polar surface area (TPSA) is 66.4 Å². The van der Waals surface area contributed by atoms with Gasteiger partial charge in [0.15, 0.2) is 5.82 Å². The molecule has 122 valence electrons. The molecule has 0 radical (unpaired) electrons. The second-order valence-corrected chi connectivity index (χ2v) is 7.75. The lowest BCUT2D eigenvalue weighted by Gasteiger charge is -2.34. The van der Waals surface area contributed by atoms with Crippen LogP contribution in [0.3, 0.4) is 0 Å². The number of hydrogen-bond acceptors (Lipinski definition) is 5. The third kappa shape index (κ3) is 3.46. The summed E-state index contributed by atoms with van der Waals surface area (Å²) in [7, 11) is -3.48. The molecule has 1 aromatic heterocycles. The van der Waals surface area contributed by atoms with E-state index in [4.69, 9.17) is 11.6 Å². The zero-order valence-corrected chi connectivity index (χ0v) is 14.3. The highest BCUT2D eigenvalue weighted by Gasteiger charge is 2.28. The minimum Gasteiger partial charge on any atom is -0.352 e. The first-order chi connectivity index (χ1) is 11.0. The average Bonchev–Trinajstić information content (AvgIpc) is 2.56. The largest absolute Gasteiger partial charge is 0.352 e. The van der Waals surface area contributed by atoms with Gasteiger partial charge in [0, 0.05) is 31.2 Å². The third-order valence-electron chi connectivity index (χ3n) is 3.80. The molecule has 1 saturated heterocycles. The Bertz CT molecular complexity index is 770. The van der Waals surface area contributed by atoms with Crippen molar-refractivity contribution < 1.29 is 8.42 Å². The van der Waals surface area contributed by atoms with Crippen molar-refractivity contribution in [2.45, 2.75) is 11.8 Å². The molecule has 0 N–H and O–H groups in total. The number of rotatable bonds is 3. The minimum atomic E-state index is -3.48. The van der Waals surface area contributed by atoms with Crippen LogP contribution in [-0.2, 0) is 10.0 Å². The molecule has 23 heavy (non-hydrogen) atoms. The molecule has 1 aromatic carbocycles. The molecular weight excluding hydrogens is 336 g/mol. The van der Waals surface area contributed by atoms with Gasteiger partial charge in [-0.2, -0.15) is 9.40 Å². The van der Waals surface area contributed by atoms with Gasteiger partial charge in [0.05, 0.1) is 10.6 Å². The molecule has 1 aliphatic heterocycles. The molecule has 0 bridgehead atoms. The van der Waals surface area contributed by atoms with E-state index < -0.39 is 10.0 Å². The average molecular weight is 353 g/mol. The summed E-state index contributed by atoms with van der Waals surface area (Å²) in [4.78, 5) is 2.31. The molecule has 0 aliphatic carbocycles. The molecule has 0 atom stereocenters. The van der Waals surface area contributed by atoms with Crippen molar-refractivity contribution in [1.29, 1.82) is 0 Å². The molecule has 2 heterocycles. The molecule has 1 aliphatic rings. The van der Waals surface area contributed by atoms with Crippen LogP contribution in [0.1, 0.15) is 5.69 Å². The number of anilines is 1. The van der Waals surface area contributed by atoms with E-state index in [-0.39, 0.29) is 4.90 Å². The first kappa shape index (κ1) is 16.2. The lowest BCUT2D eigenvalue weighted by Crippen LogP contribution is -2.49. The fourth-order valence-corrected chi connectivity index (χ4v) is 4.02. The van der Waals surface area contributed by atoms with Crippen LogP contribution in [0, 0.1) is 6.92 Å². The Balaban J connectivity index is 1.70. The molecule has 3 rings (SSSR count). The summed E-state index contributed by atoms with van der Waals surface area (Å²) in [5.41, 5.74) is 0.859. The van der Waals surface area contributed by atoms with Crippen LogP contribution in [0.25, 0.3) is 0 Å². The maximum absolute atomic E-state index is 12.6. The van der Waals surface area contributed by atoms with Crippen molar-refractivity contribution in [2.75, 3.05) is 31.1 Å². The quantitative estimate of drug-likeness (QED) is 0.844. The Kier molecular flexibility index (Phi) is 4.52. The van der Waals surface area contributed by atoms with Crippen molar-refractivity contribution in [3.8, 4) is 0 Å². The van der Waals surface area contributed by atoms with Gasteiger partial charge in [-0.05, 0) is 43.3 Å². The van der Waals surface area contributed by atoms with E-state index in [9.17, 15) is 8.42 Å². The molecule has 0 unspecified atom stereocenters. The Morgan fingerprint density at radius 1 is 0.957 bits per heavy atom. The van der Waals surface area contributed by atoms with E-state index in [0.29, 0.717) is 31.2 Å². The lowest BCUT2D eigenvalue weighted by molar-refractivity contribution is 0.383. The zero-order valence-electron chi connectivity index (χ0n) is 12.7. The van der Waals surface area contributed by atoms with E-state index in [1.165, 1.54) is 16.4 Å². The van der Waals surface area contributed by atoms with Gasteiger partial charge in [-0.3, -0.25) is 0 Å². The predicted molar refractivity (Wildman–Crippen MR) is 89.2 cm³/mol. The van der Waals surface area contributed by atoms with E-state index in [2.05, 4.69) is 10.2 Å². The van der Waals surface area contributed by atoms with Gasteiger partial charge >= 0.3 is 0 Å². The van der Waals surface area contributed by atoms with Crippen molar-refractivity contribution in [3.05, 3.63) is 47.1 Å². The maximum atomic E-state index is 12.6. The standard InChI is InChI=1S/C15H17ClN4O2S/c1-12-2-7-15(18-17-12)19-8-10-20(11-9-19)23(21,22)14-5-3-13(16)4-6-14/h2-7H,8-11H2,1H3. The number of aromatic nitrogens is 2. The summed E-state index contributed by atoms with van der Waals surface area (Å²) in [5, 5.41) is 8.71. The number of hydrogen-bond donors (Lipinski definition) is 0. The second kappa shape index (κ2) is 6.43. The fourth-order valence-electron chi connectivity index (χ4n) is 2.47. The molecule has 0 spiro atoms. The van der Waals surface area contributed by atoms with Crippen LogP contribution in [0.4, 0.5) is 5.82 Å². The van der Waals surface area contributed by atoms with Crippen LogP contribution in [0.15, 0.2) is 41.3 Å². The predicted octanol–water partition coefficient (Wildman–Crippen LogP) is 1.95. The summed E-state index contributed by atoms with van der Waals surface area (Å²) in [6, 6.07) is 10.1. The number of benzene rings is 1. The van der Waals surface area contributed by atoms with Crippen LogP contribution in [0.5, 0.6) is 0 Å². The molecule has 2 aromatic rings. The maximum Gasteiger partial charge on any atom is 0.243 e. The van der Waals surface area contributed by atoms with Crippen LogP contribution >= 0.6 is 11.6 Å². The summed E-state index contributed by atoms with van der Waals surface area (Å²) in [6.45, 7) is 3.89. The van der Waals surface area contributed by atoms with Crippen LogP contribution in [-0.4, -0.2) is 49.1 Å². The number of nitrogens with zero attached hydrogens (tertiary/aromatic N) is 4. The Morgan fingerprint density at radius 3 is 2.17 bits per heavy atom. The SMILES string of the molecule is Cc1ccc(N2CCN(S(=O)(=O)c3ccc(Cl)cc3)CC2)nn1. The number of halogens is 1. The highest BCUT2D eigenvalue weighted by Crippen LogP contribution is 2.21. The minimum absolute atomic E-state index is 0.269. The van der Waals surface area contributed by atoms with Gasteiger partial charge in [0.25, 0.3) is 0 Å². The van der Waals surface area contributed by atoms with Gasteiger partial charge in [0.2, 0.25) is 10.0 Å². The molecule has 0 saturated carbocycles. The smallest absolute Gasteiger partial charge is 0.243 e. The third-order valence-corrected chi connectivity index (χ3v) is 5.96. The monoisotopic (exact) mass is 352 g/mol. The summed E-state index contributed by atoms with van der Waals surface area (Å²) in [5.74, 6) is 0.777. The van der Waals surface area contributed by atoms with Gasteiger partial charge < -0.3 is 4.90 Å². The normalized spacial score (nSPS) is 16.5. The van der Waals surface area contributed by atoms with E-state index in [1.807, 2.05) is 24.0 Å². The van der Waals surface area contributed by atoms with Crippen molar-refractivity contribution >= 4 is 27.4 Å². The Morgan fingerprint density at radius 2 is 1.61 bits per heavy atom. The zero-order chi connectivity index (χ0) is 16.4. The molecule has 1 fully saturated rings. The van der Waals surface area contributed by atoms with Gasteiger partial charge in [0.1, 0.15) is 0 Å². The summed E-state index contributed by atoms with van der Waals surface area (Å²) >= 11 is 5.82. The summed E-state index contributed by atoms with van der Waals surface area (Å²) < 4.78 is 26.7. The van der Waals surface area contributed by atoms with Gasteiger partial charge in [-0.15, -0.1) is 5.10 Å². The van der Waals surface area contributed by atoms with E-state index in [0.717, 1.165) is 11.5 Å². The number of aryl methyl sites for hydroxylation is 1. The van der Waals surface area contributed by atoms with Crippen molar-refractivity contribution in [2.24, 2.45) is 0 Å². The molecular formula is C15H17ClN4O2S. The van der Waals surface area contributed by atoms with Crippen LogP contribution < -0.4 is 4.90 Å². The first-order valence-electron chi connectivity index (χ1n) is 7.28. The summed E-state index contributed by atoms with van der Waals surface area (Å²) in [6.07, 6.45) is 0. The van der Waals surface area contributed by atoms with Gasteiger partial charge in [-0.25, -0.2) is 8.42 Å². The van der Waals surface area contributed by atoms with E-state index >= 15 is 0 Å². The van der Waals surface area contributed by atoms with E-state index in [1.54, 1.807) is 12.1 Å². The van der Waals surface area contributed by atoms with Crippen molar-refractivity contribution in [1.82, 2.24) is 14.5 Å². The Labute approximate surface area is 140 Å². The first-order valence-corrected chi connectivity index (χ1v) is 9.09. The number of piperazine rings is 1. The Hall–Kier alpha value is -1.70. The second-order valence-electron chi connectivity index (χ2n) is 5.38. The highest BCUT2D eigenvalue weighted by molar-refractivity contribution is 7.89. The molecule has 8 heteroatoms. The molecule has 0 amide bonds. The highest BCUT2D eigenvalue weighted by atomic mass is 35.5. The lowest BCUT2D eigenvalue weighted by atomic mass is 10.3. The molecule has 6 nitrogen and oxygen atoms in total. The van der Waals surface area contributed by atoms with Crippen molar-refractivity contribution in [3.63, 3.8) is 0 Å². The van der Waals surface area contributed by atoms with Gasteiger partial charge in [-0.1, -0.05) is 11.6 Å². The number of sulfonamides is 1. The van der Waals surface area contributed by atoms with Crippen LogP contribution in [0.2, 0.25) is 5.02 Å².